The van der Waals surface area contributed by atoms with Crippen molar-refractivity contribution in [3.05, 3.63) is 45.2 Å². The molecule has 0 radical (unpaired) electrons. The van der Waals surface area contributed by atoms with E-state index in [0.29, 0.717) is 41.5 Å². The number of aromatic nitrogens is 2. The van der Waals surface area contributed by atoms with Crippen LogP contribution in [0.2, 0.25) is 0 Å². The molecule has 1 aliphatic carbocycles. The highest BCUT2D eigenvalue weighted by Crippen LogP contribution is 2.36. The van der Waals surface area contributed by atoms with Crippen molar-refractivity contribution >= 4 is 40.5 Å². The van der Waals surface area contributed by atoms with Gasteiger partial charge in [-0.15, -0.1) is 0 Å². The first-order valence-electron chi connectivity index (χ1n) is 11.7. The van der Waals surface area contributed by atoms with Crippen molar-refractivity contribution < 1.29 is 14.7 Å². The van der Waals surface area contributed by atoms with Gasteiger partial charge in [-0.25, -0.2) is 9.78 Å². The minimum atomic E-state index is -1.25. The zero-order valence-electron chi connectivity index (χ0n) is 19.4. The molecule has 1 saturated heterocycles. The number of rotatable bonds is 5. The van der Waals surface area contributed by atoms with Crippen LogP contribution in [0.3, 0.4) is 0 Å². The molecule has 2 N–H and O–H groups in total. The summed E-state index contributed by atoms with van der Waals surface area (Å²) in [5.41, 5.74) is 0.0918. The van der Waals surface area contributed by atoms with Crippen LogP contribution in [-0.4, -0.2) is 57.6 Å². The monoisotopic (exact) mass is 483 g/mol. The fourth-order valence-corrected chi connectivity index (χ4v) is 5.97. The number of aryl methyl sites for hydroxylation is 1. The van der Waals surface area contributed by atoms with Crippen LogP contribution in [0.1, 0.15) is 53.5 Å². The van der Waals surface area contributed by atoms with Gasteiger partial charge >= 0.3 is 5.97 Å². The van der Waals surface area contributed by atoms with Crippen molar-refractivity contribution in [2.24, 2.45) is 5.92 Å². The summed E-state index contributed by atoms with van der Waals surface area (Å²) in [7, 11) is 1.90. The fraction of sp³-hybridized carbons (Fsp3) is 0.500. The second-order valence-corrected chi connectivity index (χ2v) is 10.4. The Morgan fingerprint density at radius 1 is 1.21 bits per heavy atom. The first-order chi connectivity index (χ1) is 16.3. The molecule has 2 aromatic rings. The largest absolute Gasteiger partial charge is 0.477 e. The molecule has 9 nitrogen and oxygen atoms in total. The van der Waals surface area contributed by atoms with Crippen molar-refractivity contribution in [1.29, 1.82) is 0 Å². The van der Waals surface area contributed by atoms with Gasteiger partial charge in [-0.3, -0.25) is 9.59 Å². The van der Waals surface area contributed by atoms with Gasteiger partial charge in [-0.2, -0.15) is 0 Å². The Balaban J connectivity index is 1.43. The highest BCUT2D eigenvalue weighted by Gasteiger charge is 2.35. The average Bonchev–Trinajstić information content (AvgIpc) is 3.18. The lowest BCUT2D eigenvalue weighted by Crippen LogP contribution is -2.55. The van der Waals surface area contributed by atoms with Crippen molar-refractivity contribution in [3.63, 3.8) is 0 Å². The molecule has 2 fully saturated rings. The molecule has 34 heavy (non-hydrogen) atoms. The minimum Gasteiger partial charge on any atom is -0.477 e. The summed E-state index contributed by atoms with van der Waals surface area (Å²) in [5.74, 6) is -0.519. The molecule has 1 amide bonds. The number of carbonyl (C=O) groups is 2. The van der Waals surface area contributed by atoms with E-state index in [9.17, 15) is 19.5 Å². The molecule has 1 atom stereocenters. The molecule has 1 unspecified atom stereocenters. The molecule has 0 aromatic carbocycles. The normalized spacial score (nSPS) is 21.2. The van der Waals surface area contributed by atoms with E-state index < -0.39 is 11.4 Å². The second-order valence-electron chi connectivity index (χ2n) is 9.44. The Morgan fingerprint density at radius 2 is 1.94 bits per heavy atom. The summed E-state index contributed by atoms with van der Waals surface area (Å²) in [6.45, 7) is 2.96. The molecule has 0 bridgehead atoms. The average molecular weight is 484 g/mol. The first kappa shape index (κ1) is 22.8. The smallest absolute Gasteiger partial charge is 0.341 e. The van der Waals surface area contributed by atoms with Crippen LogP contribution < -0.4 is 15.6 Å². The van der Waals surface area contributed by atoms with Gasteiger partial charge < -0.3 is 24.8 Å². The number of anilines is 1. The third-order valence-electron chi connectivity index (χ3n) is 7.01. The van der Waals surface area contributed by atoms with Gasteiger partial charge in [0.15, 0.2) is 5.50 Å². The Morgan fingerprint density at radius 3 is 2.59 bits per heavy atom. The lowest BCUT2D eigenvalue weighted by molar-refractivity contribution is -0.126. The highest BCUT2D eigenvalue weighted by molar-refractivity contribution is 8.02. The maximum Gasteiger partial charge on any atom is 0.341 e. The van der Waals surface area contributed by atoms with Gasteiger partial charge in [-0.05, 0) is 36.8 Å². The first-order valence-corrected chi connectivity index (χ1v) is 12.7. The van der Waals surface area contributed by atoms with Crippen LogP contribution in [-0.2, 0) is 4.79 Å². The van der Waals surface area contributed by atoms with Crippen molar-refractivity contribution in [2.45, 2.75) is 50.6 Å². The maximum atomic E-state index is 13.0. The number of aromatic carboxylic acids is 1. The van der Waals surface area contributed by atoms with E-state index in [2.05, 4.69) is 5.32 Å². The number of nitrogens with zero attached hydrogens (tertiary/aromatic N) is 4. The zero-order chi connectivity index (χ0) is 24.0. The quantitative estimate of drug-likeness (QED) is 0.669. The molecule has 180 valence electrons. The molecular formula is C24H29N5O4S. The van der Waals surface area contributed by atoms with Gasteiger partial charge in [0.25, 0.3) is 0 Å². The van der Waals surface area contributed by atoms with Crippen LogP contribution in [0, 0.1) is 12.8 Å². The molecule has 10 heteroatoms. The number of thioether (sulfide) groups is 1. The molecule has 4 heterocycles. The van der Waals surface area contributed by atoms with Crippen LogP contribution in [0.25, 0.3) is 11.0 Å². The molecule has 3 aliphatic rings. The summed E-state index contributed by atoms with van der Waals surface area (Å²) in [4.78, 5) is 46.3. The van der Waals surface area contributed by atoms with Crippen molar-refractivity contribution in [2.75, 3.05) is 25.0 Å². The predicted molar refractivity (Wildman–Crippen MR) is 132 cm³/mol. The Hall–Kier alpha value is -3.01. The minimum absolute atomic E-state index is 0.0722. The fourth-order valence-electron chi connectivity index (χ4n) is 5.01. The number of carbonyl (C=O) groups excluding carboxylic acids is 1. The number of carboxylic acids is 1. The third kappa shape index (κ3) is 4.04. The summed E-state index contributed by atoms with van der Waals surface area (Å²) < 4.78 is 1.76. The summed E-state index contributed by atoms with van der Waals surface area (Å²) >= 11 is 1.51. The lowest BCUT2D eigenvalue weighted by atomic mass is 9.93. The molecule has 0 spiro atoms. The predicted octanol–water partition coefficient (Wildman–Crippen LogP) is 2.89. The molecule has 2 aromatic heterocycles. The van der Waals surface area contributed by atoms with E-state index in [1.165, 1.54) is 37.2 Å². The summed E-state index contributed by atoms with van der Waals surface area (Å²) in [6, 6.07) is 2.11. The number of fused-ring (bicyclic) bond motifs is 1. The van der Waals surface area contributed by atoms with E-state index in [1.807, 2.05) is 41.4 Å². The third-order valence-corrected chi connectivity index (χ3v) is 8.09. The van der Waals surface area contributed by atoms with Crippen LogP contribution in [0.15, 0.2) is 28.7 Å². The summed E-state index contributed by atoms with van der Waals surface area (Å²) in [6.07, 6.45) is 9.02. The zero-order valence-corrected chi connectivity index (χ0v) is 20.2. The van der Waals surface area contributed by atoms with Gasteiger partial charge in [0, 0.05) is 38.6 Å². The second kappa shape index (κ2) is 8.98. The van der Waals surface area contributed by atoms with Crippen LogP contribution >= 0.6 is 11.8 Å². The van der Waals surface area contributed by atoms with E-state index in [4.69, 9.17) is 4.98 Å². The number of hydrogen-bond acceptors (Lipinski definition) is 7. The van der Waals surface area contributed by atoms with Crippen LogP contribution in [0.4, 0.5) is 5.82 Å². The standard InChI is InChI=1S/C24H29N5O4S/c1-14-10-18(28-11-15(12-28)22(31)25-16-6-4-3-5-7-16)26-21-19(14)20(30)17(23(32)33)13-29(21)24-27(2)8-9-34-24/h8-10,13,15-16,24H,3-7,11-12H2,1-2H3,(H,25,31)(H,32,33). The van der Waals surface area contributed by atoms with Crippen molar-refractivity contribution in [1.82, 2.24) is 19.8 Å². The molecular weight excluding hydrogens is 454 g/mol. The van der Waals surface area contributed by atoms with Crippen LogP contribution in [0.5, 0.6) is 0 Å². The maximum absolute atomic E-state index is 13.0. The SMILES string of the molecule is Cc1cc(N2CC(C(=O)NC3CCCCC3)C2)nc2c1c(=O)c(C(=O)O)cn2C1SC=CN1C. The van der Waals surface area contributed by atoms with Gasteiger partial charge in [0.2, 0.25) is 11.3 Å². The number of hydrogen-bond donors (Lipinski definition) is 2. The lowest BCUT2D eigenvalue weighted by Gasteiger charge is -2.40. The van der Waals surface area contributed by atoms with E-state index >= 15 is 0 Å². The van der Waals surface area contributed by atoms with Gasteiger partial charge in [0.05, 0.1) is 11.3 Å². The Labute approximate surface area is 201 Å². The number of nitrogens with one attached hydrogen (secondary N) is 1. The van der Waals surface area contributed by atoms with E-state index in [1.54, 1.807) is 4.57 Å². The van der Waals surface area contributed by atoms with E-state index in [-0.39, 0.29) is 22.9 Å². The molecule has 5 rings (SSSR count). The Bertz CT molecular complexity index is 1230. The van der Waals surface area contributed by atoms with Gasteiger partial charge in [0.1, 0.15) is 17.0 Å². The van der Waals surface area contributed by atoms with Gasteiger partial charge in [-0.1, -0.05) is 31.0 Å². The number of amides is 1. The Kier molecular flexibility index (Phi) is 6.01. The molecule has 1 saturated carbocycles. The topological polar surface area (TPSA) is 108 Å². The summed E-state index contributed by atoms with van der Waals surface area (Å²) in [5, 5.41) is 15.1. The molecule has 2 aliphatic heterocycles. The highest BCUT2D eigenvalue weighted by atomic mass is 32.2. The van der Waals surface area contributed by atoms with Crippen molar-refractivity contribution in [3.8, 4) is 0 Å². The van der Waals surface area contributed by atoms with E-state index in [0.717, 1.165) is 12.8 Å². The number of carboxylic acid groups (broad SMARTS) is 1. The number of pyridine rings is 2.